The molecule has 0 aliphatic rings. The van der Waals surface area contributed by atoms with Crippen molar-refractivity contribution in [3.8, 4) is 6.07 Å². The highest BCUT2D eigenvalue weighted by Gasteiger charge is 2.10. The van der Waals surface area contributed by atoms with Crippen LogP contribution in [-0.4, -0.2) is 12.5 Å². The molecule has 6 heteroatoms. The number of hydrogen-bond donors (Lipinski definition) is 2. The molecule has 0 aliphatic carbocycles. The molecule has 2 aromatic carbocycles. The van der Waals surface area contributed by atoms with Crippen LogP contribution in [0.2, 0.25) is 0 Å². The van der Waals surface area contributed by atoms with Crippen LogP contribution in [0.25, 0.3) is 0 Å². The van der Waals surface area contributed by atoms with Crippen LogP contribution in [0.1, 0.15) is 36.6 Å². The highest BCUT2D eigenvalue weighted by Crippen LogP contribution is 2.22. The summed E-state index contributed by atoms with van der Waals surface area (Å²) in [6.07, 6.45) is 0. The minimum atomic E-state index is 0. The Morgan fingerprint density at radius 2 is 1.88 bits per heavy atom. The fraction of sp³-hybridized carbons (Fsp3) is 0.263. The molecular formula is C19H22BrIN4. The van der Waals surface area contributed by atoms with Crippen molar-refractivity contribution in [2.75, 3.05) is 6.54 Å². The summed E-state index contributed by atoms with van der Waals surface area (Å²) in [5, 5.41) is 15.5. The van der Waals surface area contributed by atoms with Gasteiger partial charge in [-0.25, -0.2) is 4.99 Å². The first-order valence-electron chi connectivity index (χ1n) is 7.92. The summed E-state index contributed by atoms with van der Waals surface area (Å²) in [7, 11) is 0. The van der Waals surface area contributed by atoms with Gasteiger partial charge in [0.15, 0.2) is 5.96 Å². The monoisotopic (exact) mass is 512 g/mol. The molecule has 0 spiro atoms. The Morgan fingerprint density at radius 1 is 1.20 bits per heavy atom. The first kappa shape index (κ1) is 21.5. The third-order valence-corrected chi connectivity index (χ3v) is 4.29. The number of aliphatic imine (C=N–C) groups is 1. The third-order valence-electron chi connectivity index (χ3n) is 3.57. The molecule has 4 nitrogen and oxygen atoms in total. The molecular weight excluding hydrogens is 491 g/mol. The third kappa shape index (κ3) is 6.67. The minimum Gasteiger partial charge on any atom is -0.357 e. The van der Waals surface area contributed by atoms with Gasteiger partial charge in [0.2, 0.25) is 0 Å². The lowest BCUT2D eigenvalue weighted by Crippen LogP contribution is -2.38. The fourth-order valence-electron chi connectivity index (χ4n) is 2.28. The maximum Gasteiger partial charge on any atom is 0.192 e. The molecule has 0 aliphatic heterocycles. The Bertz CT molecular complexity index is 738. The number of halogens is 2. The molecule has 25 heavy (non-hydrogen) atoms. The predicted molar refractivity (Wildman–Crippen MR) is 117 cm³/mol. The van der Waals surface area contributed by atoms with E-state index in [-0.39, 0.29) is 30.0 Å². The minimum absolute atomic E-state index is 0. The first-order valence-corrected chi connectivity index (χ1v) is 8.71. The Morgan fingerprint density at radius 3 is 2.48 bits per heavy atom. The average molecular weight is 513 g/mol. The fourth-order valence-corrected chi connectivity index (χ4v) is 2.91. The molecule has 0 amide bonds. The lowest BCUT2D eigenvalue weighted by atomic mass is 10.1. The second-order valence-corrected chi connectivity index (χ2v) is 6.25. The average Bonchev–Trinajstić information content (AvgIpc) is 2.60. The van der Waals surface area contributed by atoms with Gasteiger partial charge in [0, 0.05) is 11.0 Å². The first-order chi connectivity index (χ1) is 11.6. The molecule has 1 unspecified atom stereocenters. The molecule has 0 saturated carbocycles. The summed E-state index contributed by atoms with van der Waals surface area (Å²) < 4.78 is 1.08. The lowest BCUT2D eigenvalue weighted by Gasteiger charge is -2.19. The largest absolute Gasteiger partial charge is 0.357 e. The highest BCUT2D eigenvalue weighted by atomic mass is 127. The van der Waals surface area contributed by atoms with Gasteiger partial charge in [-0.1, -0.05) is 46.3 Å². The summed E-state index contributed by atoms with van der Waals surface area (Å²) in [5.74, 6) is 0.769. The van der Waals surface area contributed by atoms with E-state index in [1.807, 2.05) is 49.4 Å². The zero-order valence-corrected chi connectivity index (χ0v) is 18.2. The summed E-state index contributed by atoms with van der Waals surface area (Å²) in [6.45, 7) is 5.50. The van der Waals surface area contributed by atoms with E-state index in [1.54, 1.807) is 0 Å². The number of hydrogen-bond acceptors (Lipinski definition) is 2. The van der Waals surface area contributed by atoms with Crippen molar-refractivity contribution < 1.29 is 0 Å². The molecule has 0 fully saturated rings. The van der Waals surface area contributed by atoms with Crippen LogP contribution in [0.4, 0.5) is 0 Å². The van der Waals surface area contributed by atoms with Gasteiger partial charge in [0.1, 0.15) is 0 Å². The number of nitriles is 1. The molecule has 1 atom stereocenters. The maximum absolute atomic E-state index is 8.84. The van der Waals surface area contributed by atoms with Crippen LogP contribution >= 0.6 is 39.9 Å². The van der Waals surface area contributed by atoms with Gasteiger partial charge in [0.25, 0.3) is 0 Å². The van der Waals surface area contributed by atoms with Crippen molar-refractivity contribution in [1.29, 1.82) is 5.26 Å². The Kier molecular flexibility index (Phi) is 9.53. The van der Waals surface area contributed by atoms with E-state index in [2.05, 4.69) is 50.6 Å². The summed E-state index contributed by atoms with van der Waals surface area (Å²) >= 11 is 3.59. The van der Waals surface area contributed by atoms with Crippen LogP contribution in [0.5, 0.6) is 0 Å². The van der Waals surface area contributed by atoms with Crippen LogP contribution in [-0.2, 0) is 6.54 Å². The second-order valence-electron chi connectivity index (χ2n) is 5.39. The normalized spacial score (nSPS) is 11.8. The van der Waals surface area contributed by atoms with E-state index in [9.17, 15) is 0 Å². The number of guanidine groups is 1. The zero-order chi connectivity index (χ0) is 17.4. The number of benzene rings is 2. The summed E-state index contributed by atoms with van der Waals surface area (Å²) in [4.78, 5) is 4.63. The van der Waals surface area contributed by atoms with Crippen LogP contribution in [0.15, 0.2) is 58.0 Å². The van der Waals surface area contributed by atoms with Crippen LogP contribution < -0.4 is 10.6 Å². The summed E-state index contributed by atoms with van der Waals surface area (Å²) in [5.41, 5.74) is 2.91. The zero-order valence-electron chi connectivity index (χ0n) is 14.3. The van der Waals surface area contributed by atoms with Gasteiger partial charge < -0.3 is 10.6 Å². The smallest absolute Gasteiger partial charge is 0.192 e. The molecule has 0 bridgehead atoms. The van der Waals surface area contributed by atoms with Crippen molar-refractivity contribution in [3.05, 3.63) is 69.7 Å². The van der Waals surface area contributed by atoms with E-state index < -0.39 is 0 Å². The van der Waals surface area contributed by atoms with E-state index in [0.717, 1.165) is 22.5 Å². The van der Waals surface area contributed by atoms with Crippen molar-refractivity contribution in [1.82, 2.24) is 10.6 Å². The molecule has 2 rings (SSSR count). The van der Waals surface area contributed by atoms with E-state index >= 15 is 0 Å². The lowest BCUT2D eigenvalue weighted by molar-refractivity contribution is 0.683. The topological polar surface area (TPSA) is 60.2 Å². The van der Waals surface area contributed by atoms with E-state index in [1.165, 1.54) is 5.56 Å². The van der Waals surface area contributed by atoms with Crippen molar-refractivity contribution in [3.63, 3.8) is 0 Å². The molecule has 132 valence electrons. The van der Waals surface area contributed by atoms with Gasteiger partial charge in [-0.2, -0.15) is 5.26 Å². The van der Waals surface area contributed by atoms with Gasteiger partial charge >= 0.3 is 0 Å². The highest BCUT2D eigenvalue weighted by molar-refractivity contribution is 14.0. The quantitative estimate of drug-likeness (QED) is 0.345. The number of nitrogens with one attached hydrogen (secondary N) is 2. The van der Waals surface area contributed by atoms with Crippen molar-refractivity contribution in [2.45, 2.75) is 26.4 Å². The Hall–Kier alpha value is -1.59. The van der Waals surface area contributed by atoms with Gasteiger partial charge in [0.05, 0.1) is 24.2 Å². The number of rotatable bonds is 5. The molecule has 2 aromatic rings. The standard InChI is InChI=1S/C19H21BrN4.HI/c1-3-22-19(23-13-16-10-8-15(12-21)9-11-16)24-14(2)17-6-4-5-7-18(17)20;/h4-11,14H,3,13H2,1-2H3,(H2,22,23,24);1H. The van der Waals surface area contributed by atoms with E-state index in [4.69, 9.17) is 5.26 Å². The van der Waals surface area contributed by atoms with Crippen LogP contribution in [0, 0.1) is 11.3 Å². The van der Waals surface area contributed by atoms with Gasteiger partial charge in [-0.05, 0) is 43.2 Å². The van der Waals surface area contributed by atoms with Crippen LogP contribution in [0.3, 0.4) is 0 Å². The predicted octanol–water partition coefficient (Wildman–Crippen LogP) is 4.76. The maximum atomic E-state index is 8.84. The van der Waals surface area contributed by atoms with Gasteiger partial charge in [-0.3, -0.25) is 0 Å². The summed E-state index contributed by atoms with van der Waals surface area (Å²) in [6, 6.07) is 17.9. The second kappa shape index (κ2) is 11.1. The van der Waals surface area contributed by atoms with Gasteiger partial charge in [-0.15, -0.1) is 24.0 Å². The van der Waals surface area contributed by atoms with E-state index in [0.29, 0.717) is 12.1 Å². The molecule has 0 heterocycles. The Labute approximate surface area is 174 Å². The molecule has 0 radical (unpaired) electrons. The molecule has 0 aromatic heterocycles. The van der Waals surface area contributed by atoms with Crippen molar-refractivity contribution in [2.24, 2.45) is 4.99 Å². The number of nitrogens with zero attached hydrogens (tertiary/aromatic N) is 2. The SMILES string of the molecule is CCNC(=NCc1ccc(C#N)cc1)NC(C)c1ccccc1Br.I. The molecule has 2 N–H and O–H groups in total. The molecule has 0 saturated heterocycles. The Balaban J connectivity index is 0.00000312. The van der Waals surface area contributed by atoms with Crippen molar-refractivity contribution >= 4 is 45.9 Å².